The number of nitrogens with one attached hydrogen (secondary N) is 2. The molecule has 2 heterocycles. The van der Waals surface area contributed by atoms with Gasteiger partial charge in [-0.2, -0.15) is 4.72 Å². The van der Waals surface area contributed by atoms with Crippen molar-refractivity contribution in [2.45, 2.75) is 94.5 Å². The average Bonchev–Trinajstić information content (AvgIpc) is 3.15. The van der Waals surface area contributed by atoms with Crippen LogP contribution >= 0.6 is 0 Å². The molecule has 1 amide bonds. The summed E-state index contributed by atoms with van der Waals surface area (Å²) in [6, 6.07) is 30.7. The molecule has 0 saturated carbocycles. The summed E-state index contributed by atoms with van der Waals surface area (Å²) in [5.41, 5.74) is 5.46. The van der Waals surface area contributed by atoms with Crippen LogP contribution < -0.4 is 10.0 Å². The first kappa shape index (κ1) is 37.8. The van der Waals surface area contributed by atoms with E-state index in [-0.39, 0.29) is 36.7 Å². The Hall–Kier alpha value is -3.90. The summed E-state index contributed by atoms with van der Waals surface area (Å²) in [6.07, 6.45) is 6.50. The van der Waals surface area contributed by atoms with Gasteiger partial charge in [-0.15, -0.1) is 0 Å². The van der Waals surface area contributed by atoms with Crippen molar-refractivity contribution in [3.8, 4) is 0 Å². The molecule has 9 nitrogen and oxygen atoms in total. The van der Waals surface area contributed by atoms with Gasteiger partial charge in [-0.3, -0.25) is 4.79 Å². The van der Waals surface area contributed by atoms with Crippen molar-refractivity contribution in [2.24, 2.45) is 0 Å². The van der Waals surface area contributed by atoms with Crippen molar-refractivity contribution in [1.29, 1.82) is 0 Å². The highest BCUT2D eigenvalue weighted by molar-refractivity contribution is 7.89. The molecule has 52 heavy (non-hydrogen) atoms. The molecule has 6 rings (SSSR count). The number of benzene rings is 4. The summed E-state index contributed by atoms with van der Waals surface area (Å²) in [7, 11) is -3.94. The highest BCUT2D eigenvalue weighted by Crippen LogP contribution is 2.38. The number of carbonyl (C=O) groups is 1. The van der Waals surface area contributed by atoms with Crippen molar-refractivity contribution >= 4 is 15.9 Å². The molecule has 10 heteroatoms. The van der Waals surface area contributed by atoms with Crippen LogP contribution in [0.25, 0.3) is 0 Å². The van der Waals surface area contributed by atoms with E-state index in [9.17, 15) is 18.3 Å². The molecule has 2 fully saturated rings. The van der Waals surface area contributed by atoms with Crippen molar-refractivity contribution in [3.05, 3.63) is 137 Å². The number of hydrogen-bond donors (Lipinski definition) is 3. The topological polar surface area (TPSA) is 117 Å². The van der Waals surface area contributed by atoms with Gasteiger partial charge in [0, 0.05) is 25.1 Å². The maximum Gasteiger partial charge on any atom is 0.241 e. The van der Waals surface area contributed by atoms with Gasteiger partial charge in [0.25, 0.3) is 0 Å². The van der Waals surface area contributed by atoms with E-state index in [1.807, 2.05) is 85.8 Å². The molecule has 2 aliphatic rings. The fourth-order valence-corrected chi connectivity index (χ4v) is 8.13. The maximum absolute atomic E-state index is 13.6. The largest absolute Gasteiger partial charge is 0.392 e. The zero-order valence-electron chi connectivity index (χ0n) is 30.0. The predicted octanol–water partition coefficient (Wildman–Crippen LogP) is 6.50. The molecule has 4 aromatic carbocycles. The monoisotopic (exact) mass is 725 g/mol. The lowest BCUT2D eigenvalue weighted by molar-refractivity contribution is -0.253. The second-order valence-corrected chi connectivity index (χ2v) is 15.8. The highest BCUT2D eigenvalue weighted by atomic mass is 32.2. The third-order valence-corrected chi connectivity index (χ3v) is 11.5. The molecular weight excluding hydrogens is 675 g/mol. The van der Waals surface area contributed by atoms with Gasteiger partial charge in [0.1, 0.15) is 6.04 Å². The van der Waals surface area contributed by atoms with Crippen molar-refractivity contribution in [3.63, 3.8) is 0 Å². The third-order valence-electron chi connectivity index (χ3n) is 9.97. The van der Waals surface area contributed by atoms with Gasteiger partial charge in [-0.25, -0.2) is 8.42 Å². The molecule has 0 aliphatic carbocycles. The van der Waals surface area contributed by atoms with Crippen LogP contribution in [0.4, 0.5) is 0 Å². The number of aliphatic hydroxyl groups excluding tert-OH is 1. The van der Waals surface area contributed by atoms with E-state index in [2.05, 4.69) is 14.9 Å². The average molecular weight is 726 g/mol. The Morgan fingerprint density at radius 1 is 0.788 bits per heavy atom. The van der Waals surface area contributed by atoms with Gasteiger partial charge in [0.05, 0.1) is 23.7 Å². The number of likely N-dealkylation sites (tertiary alicyclic amines) is 1. The Morgan fingerprint density at radius 2 is 1.42 bits per heavy atom. The summed E-state index contributed by atoms with van der Waals surface area (Å²) >= 11 is 0. The van der Waals surface area contributed by atoms with E-state index < -0.39 is 28.3 Å². The molecule has 2 saturated heterocycles. The lowest BCUT2D eigenvalue weighted by atomic mass is 9.99. The Balaban J connectivity index is 1.13. The zero-order chi connectivity index (χ0) is 36.3. The Labute approximate surface area is 308 Å². The second kappa shape index (κ2) is 18.2. The van der Waals surface area contributed by atoms with Gasteiger partial charge in [-0.1, -0.05) is 116 Å². The van der Waals surface area contributed by atoms with Crippen LogP contribution in [0, 0.1) is 6.92 Å². The number of amides is 1. The summed E-state index contributed by atoms with van der Waals surface area (Å²) in [5, 5.41) is 12.5. The van der Waals surface area contributed by atoms with Gasteiger partial charge >= 0.3 is 0 Å². The molecule has 4 atom stereocenters. The van der Waals surface area contributed by atoms with E-state index >= 15 is 0 Å². The summed E-state index contributed by atoms with van der Waals surface area (Å²) < 4.78 is 42.4. The number of aliphatic hydroxyl groups is 1. The number of aryl methyl sites for hydroxylation is 1. The van der Waals surface area contributed by atoms with Crippen LogP contribution in [-0.4, -0.2) is 56.1 Å². The zero-order valence-corrected chi connectivity index (χ0v) is 30.8. The lowest BCUT2D eigenvalue weighted by Crippen LogP contribution is -2.47. The molecule has 0 bridgehead atoms. The smallest absolute Gasteiger partial charge is 0.241 e. The molecule has 276 valence electrons. The first-order valence-corrected chi connectivity index (χ1v) is 20.0. The van der Waals surface area contributed by atoms with Crippen LogP contribution in [0.15, 0.2) is 108 Å². The minimum absolute atomic E-state index is 0.00134. The number of rotatable bonds is 13. The first-order valence-electron chi connectivity index (χ1n) is 18.5. The lowest BCUT2D eigenvalue weighted by Gasteiger charge is -2.38. The normalized spacial score (nSPS) is 20.8. The number of carbonyl (C=O) groups excluding carboxylic acids is 1. The second-order valence-electron chi connectivity index (χ2n) is 14.1. The first-order chi connectivity index (χ1) is 25.3. The highest BCUT2D eigenvalue weighted by Gasteiger charge is 2.33. The molecule has 4 aromatic rings. The number of ether oxygens (including phenoxy) is 2. The molecule has 2 aliphatic heterocycles. The van der Waals surface area contributed by atoms with Crippen LogP contribution in [0.3, 0.4) is 0 Å². The Bertz CT molecular complexity index is 1810. The molecule has 0 spiro atoms. The molecule has 3 N–H and O–H groups in total. The summed E-state index contributed by atoms with van der Waals surface area (Å²) in [6.45, 7) is 5.14. The van der Waals surface area contributed by atoms with Crippen molar-refractivity contribution in [1.82, 2.24) is 14.9 Å². The minimum Gasteiger partial charge on any atom is -0.392 e. The Morgan fingerprint density at radius 3 is 2.10 bits per heavy atom. The van der Waals surface area contributed by atoms with Crippen molar-refractivity contribution < 1.29 is 27.8 Å². The molecule has 0 radical (unpaired) electrons. The van der Waals surface area contributed by atoms with E-state index in [1.165, 1.54) is 32.1 Å². The summed E-state index contributed by atoms with van der Waals surface area (Å²) in [5.74, 6) is -0.412. The predicted molar refractivity (Wildman–Crippen MR) is 202 cm³/mol. The van der Waals surface area contributed by atoms with E-state index in [0.29, 0.717) is 0 Å². The number of nitrogens with zero attached hydrogens (tertiary/aromatic N) is 1. The van der Waals surface area contributed by atoms with E-state index in [0.717, 1.165) is 59.4 Å². The number of hydrogen-bond acceptors (Lipinski definition) is 7. The minimum atomic E-state index is -3.94. The molecular formula is C42H51N3O6S. The van der Waals surface area contributed by atoms with Crippen LogP contribution in [0.2, 0.25) is 0 Å². The van der Waals surface area contributed by atoms with Gasteiger partial charge in [0.15, 0.2) is 6.29 Å². The van der Waals surface area contributed by atoms with E-state index in [4.69, 9.17) is 9.47 Å². The quantitative estimate of drug-likeness (QED) is 0.144. The number of sulfonamides is 1. The standard InChI is InChI=1S/C42H51N3O6S/c1-31-12-22-38(23-13-31)52(48,49)44-39(26-32-10-6-5-7-11-32)41(47)43-28-33-14-20-36(21-15-33)42-50-37(29-45-24-8-3-2-4-9-25-45)27-40(51-42)35-18-16-34(30-46)17-19-35/h5-7,10-23,37,39-40,42,44,46H,2-4,8-9,24-30H2,1H3,(H,43,47)/t37-,39+,40+,42?/m0/s1. The SMILES string of the molecule is Cc1ccc(S(=O)(=O)N[C@H](Cc2ccccc2)C(=O)NCc2ccc(C3O[C@H](CN4CCCCCCC4)C[C@H](c4ccc(CO)cc4)O3)cc2)cc1. The molecule has 0 aromatic heterocycles. The Kier molecular flexibility index (Phi) is 13.3. The maximum atomic E-state index is 13.6. The van der Waals surface area contributed by atoms with Gasteiger partial charge in [-0.05, 0) is 73.7 Å². The fraction of sp³-hybridized carbons (Fsp3) is 0.405. The third kappa shape index (κ3) is 10.6. The van der Waals surface area contributed by atoms with Crippen LogP contribution in [-0.2, 0) is 43.9 Å². The fourth-order valence-electron chi connectivity index (χ4n) is 6.93. The van der Waals surface area contributed by atoms with Gasteiger partial charge < -0.3 is 24.8 Å². The van der Waals surface area contributed by atoms with Crippen molar-refractivity contribution in [2.75, 3.05) is 19.6 Å². The van der Waals surface area contributed by atoms with Crippen LogP contribution in [0.1, 0.15) is 84.3 Å². The molecule has 1 unspecified atom stereocenters. The van der Waals surface area contributed by atoms with E-state index in [1.54, 1.807) is 24.3 Å². The summed E-state index contributed by atoms with van der Waals surface area (Å²) in [4.78, 5) is 16.2. The van der Waals surface area contributed by atoms with Gasteiger partial charge in [0.2, 0.25) is 15.9 Å². The van der Waals surface area contributed by atoms with Crippen LogP contribution in [0.5, 0.6) is 0 Å².